The van der Waals surface area contributed by atoms with E-state index in [9.17, 15) is 4.79 Å². The summed E-state index contributed by atoms with van der Waals surface area (Å²) in [6.07, 6.45) is 4.25. The zero-order chi connectivity index (χ0) is 12.9. The fourth-order valence-electron chi connectivity index (χ4n) is 1.20. The molecule has 0 aliphatic heterocycles. The third kappa shape index (κ3) is 3.78. The number of carbonyl (C=O) groups excluding carboxylic acids is 1. The molecule has 0 radical (unpaired) electrons. The average molecular weight is 251 g/mol. The van der Waals surface area contributed by atoms with Crippen LogP contribution in [0.25, 0.3) is 0 Å². The summed E-state index contributed by atoms with van der Waals surface area (Å²) in [6, 6.07) is 3.84. The first-order valence-electron chi connectivity index (χ1n) is 5.41. The molecular weight excluding hydrogens is 234 g/mol. The van der Waals surface area contributed by atoms with Gasteiger partial charge in [0.15, 0.2) is 0 Å². The van der Waals surface area contributed by atoms with E-state index < -0.39 is 5.41 Å². The number of nitrogens with one attached hydrogen (secondary N) is 1. The third-order valence-electron chi connectivity index (χ3n) is 2.61. The summed E-state index contributed by atoms with van der Waals surface area (Å²) in [5.74, 6) is -0.145. The molecule has 0 atom stereocenters. The molecule has 1 heterocycles. The van der Waals surface area contributed by atoms with Gasteiger partial charge in [0.1, 0.15) is 0 Å². The van der Waals surface area contributed by atoms with Gasteiger partial charge in [-0.15, -0.1) is 0 Å². The Labute approximate surface area is 107 Å². The summed E-state index contributed by atoms with van der Waals surface area (Å²) in [4.78, 5) is 16.0. The molecule has 0 aliphatic rings. The number of rotatable bonds is 5. The van der Waals surface area contributed by atoms with E-state index in [2.05, 4.69) is 10.3 Å². The van der Waals surface area contributed by atoms with Crippen molar-refractivity contribution in [2.75, 3.05) is 6.54 Å². The van der Waals surface area contributed by atoms with Crippen molar-refractivity contribution in [3.63, 3.8) is 0 Å². The maximum Gasteiger partial charge on any atom is 0.232 e. The second kappa shape index (κ2) is 5.72. The van der Waals surface area contributed by atoms with Crippen LogP contribution in [-0.4, -0.2) is 22.4 Å². The molecule has 0 aromatic carbocycles. The van der Waals surface area contributed by atoms with E-state index in [-0.39, 0.29) is 10.9 Å². The molecule has 0 unspecified atom stereocenters. The highest BCUT2D eigenvalue weighted by Gasteiger charge is 2.30. The van der Waals surface area contributed by atoms with Gasteiger partial charge in [-0.1, -0.05) is 18.3 Å². The lowest BCUT2D eigenvalue weighted by atomic mass is 9.92. The Morgan fingerprint density at radius 1 is 1.59 bits per heavy atom. The van der Waals surface area contributed by atoms with Crippen LogP contribution in [0.15, 0.2) is 24.5 Å². The molecule has 0 saturated heterocycles. The third-order valence-corrected chi connectivity index (χ3v) is 3.12. The summed E-state index contributed by atoms with van der Waals surface area (Å²) in [6.45, 7) is 3.99. The Morgan fingerprint density at radius 3 is 2.82 bits per heavy atom. The minimum atomic E-state index is -0.801. The SMILES string of the molecule is CC(C)(C(=O)NCCc1cccnc1)C(N)=S. The summed E-state index contributed by atoms with van der Waals surface area (Å²) in [5, 5.41) is 2.82. The molecule has 0 bridgehead atoms. The molecule has 1 rings (SSSR count). The van der Waals surface area contributed by atoms with Crippen LogP contribution >= 0.6 is 12.2 Å². The van der Waals surface area contributed by atoms with Crippen LogP contribution in [0.4, 0.5) is 0 Å². The molecule has 17 heavy (non-hydrogen) atoms. The fraction of sp³-hybridized carbons (Fsp3) is 0.417. The van der Waals surface area contributed by atoms with Gasteiger partial charge in [0.25, 0.3) is 0 Å². The minimum Gasteiger partial charge on any atom is -0.392 e. The first-order valence-corrected chi connectivity index (χ1v) is 5.82. The number of aromatic nitrogens is 1. The summed E-state index contributed by atoms with van der Waals surface area (Å²) < 4.78 is 0. The van der Waals surface area contributed by atoms with Crippen molar-refractivity contribution in [3.8, 4) is 0 Å². The fourth-order valence-corrected chi connectivity index (χ4v) is 1.29. The van der Waals surface area contributed by atoms with Crippen molar-refractivity contribution in [3.05, 3.63) is 30.1 Å². The molecule has 0 saturated carbocycles. The van der Waals surface area contributed by atoms with E-state index in [1.807, 2.05) is 12.1 Å². The number of pyridine rings is 1. The van der Waals surface area contributed by atoms with E-state index >= 15 is 0 Å². The van der Waals surface area contributed by atoms with Crippen LogP contribution in [0.2, 0.25) is 0 Å². The number of nitrogens with zero attached hydrogens (tertiary/aromatic N) is 1. The zero-order valence-corrected chi connectivity index (χ0v) is 10.9. The number of thiocarbonyl (C=S) groups is 1. The second-order valence-electron chi connectivity index (χ2n) is 4.36. The van der Waals surface area contributed by atoms with Crippen molar-refractivity contribution in [1.82, 2.24) is 10.3 Å². The minimum absolute atomic E-state index is 0.145. The summed E-state index contributed by atoms with van der Waals surface area (Å²) in [5.41, 5.74) is 5.80. The van der Waals surface area contributed by atoms with Gasteiger partial charge < -0.3 is 11.1 Å². The molecule has 1 aromatic rings. The Kier molecular flexibility index (Phi) is 4.57. The van der Waals surface area contributed by atoms with Crippen molar-refractivity contribution >= 4 is 23.1 Å². The standard InChI is InChI=1S/C12H17N3OS/c1-12(2,10(13)17)11(16)15-7-5-9-4-3-6-14-8-9/h3-4,6,8H,5,7H2,1-2H3,(H2,13,17)(H,15,16). The monoisotopic (exact) mass is 251 g/mol. The van der Waals surface area contributed by atoms with Gasteiger partial charge in [-0.3, -0.25) is 9.78 Å². The normalized spacial score (nSPS) is 10.9. The van der Waals surface area contributed by atoms with Crippen molar-refractivity contribution in [2.24, 2.45) is 11.1 Å². The lowest BCUT2D eigenvalue weighted by Gasteiger charge is -2.21. The summed E-state index contributed by atoms with van der Waals surface area (Å²) >= 11 is 4.86. The Bertz CT molecular complexity index is 403. The summed E-state index contributed by atoms with van der Waals surface area (Å²) in [7, 11) is 0. The van der Waals surface area contributed by atoms with Crippen molar-refractivity contribution < 1.29 is 4.79 Å². The van der Waals surface area contributed by atoms with Gasteiger partial charge in [-0.25, -0.2) is 0 Å². The maximum absolute atomic E-state index is 11.8. The van der Waals surface area contributed by atoms with Gasteiger partial charge in [-0.05, 0) is 31.9 Å². The number of nitrogens with two attached hydrogens (primary N) is 1. The van der Waals surface area contributed by atoms with Crippen LogP contribution < -0.4 is 11.1 Å². The smallest absolute Gasteiger partial charge is 0.232 e. The van der Waals surface area contributed by atoms with E-state index in [1.165, 1.54) is 0 Å². The zero-order valence-electron chi connectivity index (χ0n) is 10.1. The second-order valence-corrected chi connectivity index (χ2v) is 4.80. The Hall–Kier alpha value is -1.49. The number of hydrogen-bond acceptors (Lipinski definition) is 3. The molecule has 3 N–H and O–H groups in total. The number of carbonyl (C=O) groups is 1. The average Bonchev–Trinajstić information content (AvgIpc) is 2.30. The van der Waals surface area contributed by atoms with Gasteiger partial charge in [0.05, 0.1) is 10.4 Å². The molecule has 0 fully saturated rings. The number of amides is 1. The molecule has 0 spiro atoms. The van der Waals surface area contributed by atoms with Crippen molar-refractivity contribution in [2.45, 2.75) is 20.3 Å². The predicted molar refractivity (Wildman–Crippen MR) is 71.5 cm³/mol. The van der Waals surface area contributed by atoms with Gasteiger partial charge >= 0.3 is 0 Å². The first-order chi connectivity index (χ1) is 7.94. The van der Waals surface area contributed by atoms with Crippen LogP contribution in [0.5, 0.6) is 0 Å². The molecule has 92 valence electrons. The highest BCUT2D eigenvalue weighted by molar-refractivity contribution is 7.80. The lowest BCUT2D eigenvalue weighted by Crippen LogP contribution is -2.45. The molecule has 5 heteroatoms. The predicted octanol–water partition coefficient (Wildman–Crippen LogP) is 1.05. The Morgan fingerprint density at radius 2 is 2.29 bits per heavy atom. The van der Waals surface area contributed by atoms with Gasteiger partial charge in [0.2, 0.25) is 5.91 Å². The van der Waals surface area contributed by atoms with E-state index in [4.69, 9.17) is 18.0 Å². The number of hydrogen-bond donors (Lipinski definition) is 2. The van der Waals surface area contributed by atoms with Crippen LogP contribution in [0, 0.1) is 5.41 Å². The van der Waals surface area contributed by atoms with Crippen LogP contribution in [0.3, 0.4) is 0 Å². The quantitative estimate of drug-likeness (QED) is 0.768. The van der Waals surface area contributed by atoms with Gasteiger partial charge in [-0.2, -0.15) is 0 Å². The van der Waals surface area contributed by atoms with E-state index in [0.29, 0.717) is 6.54 Å². The highest BCUT2D eigenvalue weighted by atomic mass is 32.1. The lowest BCUT2D eigenvalue weighted by molar-refractivity contribution is -0.126. The van der Waals surface area contributed by atoms with Crippen LogP contribution in [-0.2, 0) is 11.2 Å². The van der Waals surface area contributed by atoms with Crippen LogP contribution in [0.1, 0.15) is 19.4 Å². The molecular formula is C12H17N3OS. The van der Waals surface area contributed by atoms with Gasteiger partial charge in [0, 0.05) is 18.9 Å². The molecule has 4 nitrogen and oxygen atoms in total. The Balaban J connectivity index is 2.42. The largest absolute Gasteiger partial charge is 0.392 e. The van der Waals surface area contributed by atoms with E-state index in [1.54, 1.807) is 26.2 Å². The molecule has 1 amide bonds. The first kappa shape index (κ1) is 13.6. The molecule has 0 aliphatic carbocycles. The maximum atomic E-state index is 11.8. The topological polar surface area (TPSA) is 68.0 Å². The highest BCUT2D eigenvalue weighted by Crippen LogP contribution is 2.15. The van der Waals surface area contributed by atoms with E-state index in [0.717, 1.165) is 12.0 Å². The molecule has 1 aromatic heterocycles. The van der Waals surface area contributed by atoms with Crippen molar-refractivity contribution in [1.29, 1.82) is 0 Å².